The summed E-state index contributed by atoms with van der Waals surface area (Å²) >= 11 is 1.55. The summed E-state index contributed by atoms with van der Waals surface area (Å²) < 4.78 is 0. The average Bonchev–Trinajstić information content (AvgIpc) is 3.05. The first-order valence-electron chi connectivity index (χ1n) is 6.33. The van der Waals surface area contributed by atoms with Crippen molar-refractivity contribution in [3.8, 4) is 0 Å². The van der Waals surface area contributed by atoms with E-state index in [9.17, 15) is 0 Å². The number of hydrogen-bond acceptors (Lipinski definition) is 6. The van der Waals surface area contributed by atoms with Gasteiger partial charge in [-0.05, 0) is 19.1 Å². The Labute approximate surface area is 116 Å². The molecule has 0 fully saturated rings. The molecule has 2 rings (SSSR count). The Hall–Kier alpha value is -1.41. The van der Waals surface area contributed by atoms with Gasteiger partial charge >= 0.3 is 0 Å². The van der Waals surface area contributed by atoms with Crippen molar-refractivity contribution in [2.24, 2.45) is 5.73 Å². The zero-order valence-electron chi connectivity index (χ0n) is 11.0. The van der Waals surface area contributed by atoms with Gasteiger partial charge in [-0.2, -0.15) is 10.2 Å². The van der Waals surface area contributed by atoms with E-state index in [1.54, 1.807) is 18.1 Å². The number of H-pyrrole nitrogens is 2. The fourth-order valence-electron chi connectivity index (χ4n) is 1.84. The Morgan fingerprint density at radius 2 is 2.21 bits per heavy atom. The molecule has 1 unspecified atom stereocenters. The summed E-state index contributed by atoms with van der Waals surface area (Å²) in [4.78, 5) is 8.42. The maximum Gasteiger partial charge on any atom is 0.183 e. The summed E-state index contributed by atoms with van der Waals surface area (Å²) in [6, 6.07) is 0.109. The second-order valence-electron chi connectivity index (χ2n) is 4.39. The van der Waals surface area contributed by atoms with Gasteiger partial charge in [-0.25, -0.2) is 9.97 Å². The molecular weight excluding hydrogens is 262 g/mol. The Morgan fingerprint density at radius 1 is 1.32 bits per heavy atom. The molecule has 0 aliphatic carbocycles. The van der Waals surface area contributed by atoms with Crippen LogP contribution in [0.1, 0.15) is 30.9 Å². The molecule has 7 nitrogen and oxygen atoms in total. The highest BCUT2D eigenvalue weighted by atomic mass is 32.2. The van der Waals surface area contributed by atoms with Crippen LogP contribution in [0.25, 0.3) is 0 Å². The molecule has 4 N–H and O–H groups in total. The smallest absolute Gasteiger partial charge is 0.183 e. The summed E-state index contributed by atoms with van der Waals surface area (Å²) in [5, 5.41) is 14.6. The van der Waals surface area contributed by atoms with Crippen LogP contribution in [0.3, 0.4) is 0 Å². The van der Waals surface area contributed by atoms with Crippen molar-refractivity contribution >= 4 is 11.8 Å². The molecule has 8 heteroatoms. The molecule has 0 spiro atoms. The van der Waals surface area contributed by atoms with Gasteiger partial charge in [0.2, 0.25) is 0 Å². The third kappa shape index (κ3) is 4.64. The fourth-order valence-corrected chi connectivity index (χ4v) is 2.18. The van der Waals surface area contributed by atoms with E-state index < -0.39 is 0 Å². The first-order valence-corrected chi connectivity index (χ1v) is 7.56. The monoisotopic (exact) mass is 281 g/mol. The van der Waals surface area contributed by atoms with E-state index in [4.69, 9.17) is 5.73 Å². The van der Waals surface area contributed by atoms with Crippen LogP contribution in [0.4, 0.5) is 0 Å². The van der Waals surface area contributed by atoms with E-state index in [2.05, 4.69) is 30.4 Å². The van der Waals surface area contributed by atoms with Crippen LogP contribution in [0, 0.1) is 0 Å². The predicted octanol–water partition coefficient (Wildman–Crippen LogP) is 0.927. The first kappa shape index (κ1) is 14.0. The van der Waals surface area contributed by atoms with Crippen molar-refractivity contribution in [2.75, 3.05) is 6.26 Å². The highest BCUT2D eigenvalue weighted by molar-refractivity contribution is 7.98. The molecule has 0 aromatic carbocycles. The quantitative estimate of drug-likeness (QED) is 0.490. The molecule has 0 bridgehead atoms. The van der Waals surface area contributed by atoms with Crippen molar-refractivity contribution < 1.29 is 0 Å². The highest BCUT2D eigenvalue weighted by Crippen LogP contribution is 2.10. The molecule has 2 aromatic rings. The molecule has 2 aromatic heterocycles. The van der Waals surface area contributed by atoms with Crippen LogP contribution in [0.15, 0.2) is 11.5 Å². The van der Waals surface area contributed by atoms with Crippen molar-refractivity contribution in [1.29, 1.82) is 0 Å². The SMILES string of the molecule is CSc1nc(CC(N)CCCCc2nc[nH]n2)n[nH]1. The van der Waals surface area contributed by atoms with Gasteiger partial charge in [0, 0.05) is 18.9 Å². The number of rotatable bonds is 8. The number of nitrogens with one attached hydrogen (secondary N) is 2. The van der Waals surface area contributed by atoms with Gasteiger partial charge in [-0.3, -0.25) is 10.2 Å². The molecule has 0 saturated carbocycles. The van der Waals surface area contributed by atoms with Gasteiger partial charge in [0.25, 0.3) is 0 Å². The average molecular weight is 281 g/mol. The number of aromatic nitrogens is 6. The largest absolute Gasteiger partial charge is 0.327 e. The van der Waals surface area contributed by atoms with Crippen molar-refractivity contribution in [2.45, 2.75) is 43.3 Å². The van der Waals surface area contributed by atoms with Crippen LogP contribution in [-0.4, -0.2) is 42.7 Å². The lowest BCUT2D eigenvalue weighted by atomic mass is 10.1. The van der Waals surface area contributed by atoms with Crippen molar-refractivity contribution in [1.82, 2.24) is 30.4 Å². The van der Waals surface area contributed by atoms with Gasteiger partial charge in [-0.1, -0.05) is 18.2 Å². The lowest BCUT2D eigenvalue weighted by Crippen LogP contribution is -2.23. The third-order valence-electron chi connectivity index (χ3n) is 2.84. The van der Waals surface area contributed by atoms with Crippen molar-refractivity contribution in [3.05, 3.63) is 18.0 Å². The van der Waals surface area contributed by atoms with Crippen LogP contribution < -0.4 is 5.73 Å². The van der Waals surface area contributed by atoms with E-state index >= 15 is 0 Å². The van der Waals surface area contributed by atoms with E-state index in [0.29, 0.717) is 0 Å². The maximum absolute atomic E-state index is 6.08. The number of aryl methyl sites for hydroxylation is 1. The molecule has 2 heterocycles. The van der Waals surface area contributed by atoms with Crippen LogP contribution in [0.2, 0.25) is 0 Å². The van der Waals surface area contributed by atoms with Gasteiger partial charge in [0.05, 0.1) is 0 Å². The second kappa shape index (κ2) is 7.25. The molecule has 0 amide bonds. The Balaban J connectivity index is 1.62. The Kier molecular flexibility index (Phi) is 5.34. The lowest BCUT2D eigenvalue weighted by molar-refractivity contribution is 0.547. The minimum absolute atomic E-state index is 0.109. The zero-order chi connectivity index (χ0) is 13.5. The number of nitrogens with zero attached hydrogens (tertiary/aromatic N) is 4. The number of thioether (sulfide) groups is 1. The summed E-state index contributed by atoms with van der Waals surface area (Å²) in [6.07, 6.45) is 8.27. The molecule has 0 saturated heterocycles. The number of nitrogens with two attached hydrogens (primary N) is 1. The Morgan fingerprint density at radius 3 is 2.89 bits per heavy atom. The van der Waals surface area contributed by atoms with Crippen LogP contribution in [-0.2, 0) is 12.8 Å². The van der Waals surface area contributed by atoms with E-state index in [0.717, 1.165) is 48.9 Å². The van der Waals surface area contributed by atoms with Gasteiger partial charge in [0.15, 0.2) is 11.0 Å². The summed E-state index contributed by atoms with van der Waals surface area (Å²) in [5.74, 6) is 1.66. The minimum atomic E-state index is 0.109. The number of hydrogen-bond donors (Lipinski definition) is 3. The van der Waals surface area contributed by atoms with E-state index in [-0.39, 0.29) is 6.04 Å². The highest BCUT2D eigenvalue weighted by Gasteiger charge is 2.09. The maximum atomic E-state index is 6.08. The molecule has 1 atom stereocenters. The molecule has 0 aliphatic heterocycles. The van der Waals surface area contributed by atoms with E-state index in [1.807, 2.05) is 6.26 Å². The molecule has 0 radical (unpaired) electrons. The molecule has 104 valence electrons. The van der Waals surface area contributed by atoms with Crippen molar-refractivity contribution in [3.63, 3.8) is 0 Å². The van der Waals surface area contributed by atoms with Gasteiger partial charge in [-0.15, -0.1) is 0 Å². The van der Waals surface area contributed by atoms with E-state index in [1.165, 1.54) is 0 Å². The third-order valence-corrected chi connectivity index (χ3v) is 3.41. The summed E-state index contributed by atoms with van der Waals surface area (Å²) in [6.45, 7) is 0. The normalized spacial score (nSPS) is 12.7. The molecule has 0 aliphatic rings. The predicted molar refractivity (Wildman–Crippen MR) is 73.8 cm³/mol. The second-order valence-corrected chi connectivity index (χ2v) is 5.18. The lowest BCUT2D eigenvalue weighted by Gasteiger charge is -2.08. The van der Waals surface area contributed by atoms with Crippen LogP contribution >= 0.6 is 11.8 Å². The molecule has 19 heavy (non-hydrogen) atoms. The standard InChI is InChI=1S/C11H19N7S/c1-19-11-15-10(17-18-11)6-8(12)4-2-3-5-9-13-7-14-16-9/h7-8H,2-6,12H2,1H3,(H,13,14,16)(H,15,17,18). The summed E-state index contributed by atoms with van der Waals surface area (Å²) in [5.41, 5.74) is 6.08. The van der Waals surface area contributed by atoms with Gasteiger partial charge < -0.3 is 5.73 Å². The first-order chi connectivity index (χ1) is 9.28. The van der Waals surface area contributed by atoms with Crippen LogP contribution in [0.5, 0.6) is 0 Å². The minimum Gasteiger partial charge on any atom is -0.327 e. The topological polar surface area (TPSA) is 109 Å². The summed E-state index contributed by atoms with van der Waals surface area (Å²) in [7, 11) is 0. The fraction of sp³-hybridized carbons (Fsp3) is 0.636. The Bertz CT molecular complexity index is 467. The van der Waals surface area contributed by atoms with Gasteiger partial charge in [0.1, 0.15) is 12.2 Å². The number of aromatic amines is 2. The number of unbranched alkanes of at least 4 members (excludes halogenated alkanes) is 1. The zero-order valence-corrected chi connectivity index (χ0v) is 11.8. The molecular formula is C11H19N7S.